The summed E-state index contributed by atoms with van der Waals surface area (Å²) in [6, 6.07) is 2.78. The number of nitrogens with one attached hydrogen (secondary N) is 1. The van der Waals surface area contributed by atoms with Crippen LogP contribution in [0, 0.1) is 0 Å². The minimum Gasteiger partial charge on any atom is -0.478 e. The van der Waals surface area contributed by atoms with Crippen LogP contribution in [0.15, 0.2) is 12.1 Å². The highest BCUT2D eigenvalue weighted by atomic mass is 35.5. The molecule has 1 rings (SSSR count). The predicted molar refractivity (Wildman–Crippen MR) is 74.9 cm³/mol. The van der Waals surface area contributed by atoms with Crippen LogP contribution in [0.4, 0.5) is 5.69 Å². The molecule has 0 unspecified atom stereocenters. The van der Waals surface area contributed by atoms with Crippen LogP contribution < -0.4 is 11.1 Å². The van der Waals surface area contributed by atoms with Crippen molar-refractivity contribution in [1.29, 1.82) is 0 Å². The van der Waals surface area contributed by atoms with Crippen LogP contribution in [0.1, 0.15) is 47.4 Å². The van der Waals surface area contributed by atoms with Gasteiger partial charge in [0.25, 0.3) is 5.91 Å². The van der Waals surface area contributed by atoms with Gasteiger partial charge in [-0.2, -0.15) is 0 Å². The van der Waals surface area contributed by atoms with E-state index in [9.17, 15) is 9.59 Å². The number of nitrogens with two attached hydrogens (primary N) is 1. The van der Waals surface area contributed by atoms with Gasteiger partial charge in [-0.05, 0) is 25.0 Å². The summed E-state index contributed by atoms with van der Waals surface area (Å²) in [5.41, 5.74) is 5.83. The molecule has 1 aromatic carbocycles. The number of primary amides is 1. The van der Waals surface area contributed by atoms with Gasteiger partial charge in [0.15, 0.2) is 0 Å². The molecule has 6 heteroatoms. The average Bonchev–Trinajstić information content (AvgIpc) is 2.36. The Balaban J connectivity index is 3.29. The summed E-state index contributed by atoms with van der Waals surface area (Å²) in [6.45, 7) is 4.00. The molecule has 104 valence electrons. The van der Waals surface area contributed by atoms with Crippen molar-refractivity contribution in [3.63, 3.8) is 0 Å². The van der Waals surface area contributed by atoms with E-state index in [0.717, 1.165) is 12.8 Å². The van der Waals surface area contributed by atoms with Crippen molar-refractivity contribution in [3.05, 3.63) is 28.3 Å². The van der Waals surface area contributed by atoms with Gasteiger partial charge in [-0.1, -0.05) is 25.4 Å². The van der Waals surface area contributed by atoms with Crippen molar-refractivity contribution in [2.45, 2.75) is 32.7 Å². The van der Waals surface area contributed by atoms with Crippen LogP contribution in [0.5, 0.6) is 0 Å². The lowest BCUT2D eigenvalue weighted by Crippen LogP contribution is -2.22. The van der Waals surface area contributed by atoms with Gasteiger partial charge < -0.3 is 16.2 Å². The van der Waals surface area contributed by atoms with Gasteiger partial charge in [0.1, 0.15) is 0 Å². The van der Waals surface area contributed by atoms with Crippen LogP contribution in [0.3, 0.4) is 0 Å². The van der Waals surface area contributed by atoms with Gasteiger partial charge in [-0.3, -0.25) is 4.79 Å². The molecule has 0 heterocycles. The molecule has 0 radical (unpaired) electrons. The second kappa shape index (κ2) is 6.43. The number of carbonyl (C=O) groups is 2. The molecule has 0 aliphatic rings. The van der Waals surface area contributed by atoms with Crippen molar-refractivity contribution in [3.8, 4) is 0 Å². The summed E-state index contributed by atoms with van der Waals surface area (Å²) in [4.78, 5) is 22.4. The van der Waals surface area contributed by atoms with Crippen molar-refractivity contribution >= 4 is 29.2 Å². The molecule has 0 saturated carbocycles. The molecule has 5 nitrogen and oxygen atoms in total. The van der Waals surface area contributed by atoms with Crippen LogP contribution in [-0.2, 0) is 0 Å². The van der Waals surface area contributed by atoms with Crippen LogP contribution >= 0.6 is 11.6 Å². The van der Waals surface area contributed by atoms with Crippen LogP contribution in [0.25, 0.3) is 0 Å². The molecule has 0 aliphatic heterocycles. The largest absolute Gasteiger partial charge is 0.478 e. The molecule has 19 heavy (non-hydrogen) atoms. The van der Waals surface area contributed by atoms with Crippen molar-refractivity contribution in [2.75, 3.05) is 5.32 Å². The molecule has 0 saturated heterocycles. The third-order valence-electron chi connectivity index (χ3n) is 2.95. The Morgan fingerprint density at radius 2 is 1.89 bits per heavy atom. The number of amides is 1. The third kappa shape index (κ3) is 3.61. The standard InChI is InChI=1S/C13H17ClN2O3/c1-3-7(4-2)16-11-6-8(13(18)19)10(14)5-9(11)12(15)17/h5-7,16H,3-4H2,1-2H3,(H2,15,17)(H,18,19). The fraction of sp³-hybridized carbons (Fsp3) is 0.385. The van der Waals surface area contributed by atoms with E-state index in [1.165, 1.54) is 12.1 Å². The lowest BCUT2D eigenvalue weighted by molar-refractivity contribution is 0.0696. The van der Waals surface area contributed by atoms with E-state index in [2.05, 4.69) is 5.32 Å². The number of rotatable bonds is 6. The zero-order valence-corrected chi connectivity index (χ0v) is 11.6. The Bertz CT molecular complexity index is 499. The summed E-state index contributed by atoms with van der Waals surface area (Å²) in [7, 11) is 0. The molecule has 0 aliphatic carbocycles. The SMILES string of the molecule is CCC(CC)Nc1cc(C(=O)O)c(Cl)cc1C(N)=O. The fourth-order valence-electron chi connectivity index (χ4n) is 1.77. The van der Waals surface area contributed by atoms with E-state index in [0.29, 0.717) is 5.69 Å². The molecule has 4 N–H and O–H groups in total. The number of hydrogen-bond acceptors (Lipinski definition) is 3. The van der Waals surface area contributed by atoms with E-state index in [1.807, 2.05) is 13.8 Å². The summed E-state index contributed by atoms with van der Waals surface area (Å²) in [5.74, 6) is -1.79. The third-order valence-corrected chi connectivity index (χ3v) is 3.26. The maximum Gasteiger partial charge on any atom is 0.337 e. The second-order valence-electron chi connectivity index (χ2n) is 4.20. The van der Waals surface area contributed by atoms with Crippen molar-refractivity contribution < 1.29 is 14.7 Å². The number of carboxylic acid groups (broad SMARTS) is 1. The average molecular weight is 285 g/mol. The number of hydrogen-bond donors (Lipinski definition) is 3. The van der Waals surface area contributed by atoms with Crippen LogP contribution in [-0.4, -0.2) is 23.0 Å². The lowest BCUT2D eigenvalue weighted by Gasteiger charge is -2.19. The highest BCUT2D eigenvalue weighted by Crippen LogP contribution is 2.26. The topological polar surface area (TPSA) is 92.4 Å². The first kappa shape index (κ1) is 15.3. The minimum absolute atomic E-state index is 0.00334. The molecule has 1 amide bonds. The van der Waals surface area contributed by atoms with E-state index < -0.39 is 11.9 Å². The summed E-state index contributed by atoms with van der Waals surface area (Å²) < 4.78 is 0. The van der Waals surface area contributed by atoms with Gasteiger partial charge in [0, 0.05) is 11.7 Å². The van der Waals surface area contributed by atoms with Gasteiger partial charge in [-0.15, -0.1) is 0 Å². The summed E-state index contributed by atoms with van der Waals surface area (Å²) >= 11 is 5.83. The number of carboxylic acids is 1. The monoisotopic (exact) mass is 284 g/mol. The zero-order valence-electron chi connectivity index (χ0n) is 10.9. The first-order chi connectivity index (χ1) is 8.90. The van der Waals surface area contributed by atoms with Gasteiger partial charge in [0.05, 0.1) is 16.1 Å². The number of halogens is 1. The van der Waals surface area contributed by atoms with Crippen molar-refractivity contribution in [1.82, 2.24) is 0 Å². The number of aromatic carboxylic acids is 1. The van der Waals surface area contributed by atoms with Gasteiger partial charge >= 0.3 is 5.97 Å². The van der Waals surface area contributed by atoms with Crippen molar-refractivity contribution in [2.24, 2.45) is 5.73 Å². The van der Waals surface area contributed by atoms with E-state index in [1.54, 1.807) is 0 Å². The molecular formula is C13H17ClN2O3. The number of carbonyl (C=O) groups excluding carboxylic acids is 1. The van der Waals surface area contributed by atoms with E-state index in [4.69, 9.17) is 22.4 Å². The minimum atomic E-state index is -1.14. The van der Waals surface area contributed by atoms with Gasteiger partial charge in [-0.25, -0.2) is 4.79 Å². The maximum atomic E-state index is 11.4. The zero-order chi connectivity index (χ0) is 14.6. The molecule has 0 bridgehead atoms. The number of benzene rings is 1. The first-order valence-corrected chi connectivity index (χ1v) is 6.41. The first-order valence-electron chi connectivity index (χ1n) is 6.03. The molecule has 1 aromatic rings. The molecule has 0 spiro atoms. The smallest absolute Gasteiger partial charge is 0.337 e. The Kier molecular flexibility index (Phi) is 5.18. The highest BCUT2D eigenvalue weighted by Gasteiger charge is 2.18. The fourth-order valence-corrected chi connectivity index (χ4v) is 2.02. The molecule has 0 atom stereocenters. The maximum absolute atomic E-state index is 11.4. The van der Waals surface area contributed by atoms with Crippen LogP contribution in [0.2, 0.25) is 5.02 Å². The summed E-state index contributed by atoms with van der Waals surface area (Å²) in [5, 5.41) is 12.2. The van der Waals surface area contributed by atoms with E-state index >= 15 is 0 Å². The highest BCUT2D eigenvalue weighted by molar-refractivity contribution is 6.34. The summed E-state index contributed by atoms with van der Waals surface area (Å²) in [6.07, 6.45) is 1.69. The Morgan fingerprint density at radius 1 is 1.32 bits per heavy atom. The Hall–Kier alpha value is -1.75. The second-order valence-corrected chi connectivity index (χ2v) is 4.61. The quantitative estimate of drug-likeness (QED) is 0.749. The Labute approximate surface area is 116 Å². The van der Waals surface area contributed by atoms with Gasteiger partial charge in [0.2, 0.25) is 0 Å². The number of anilines is 1. The molecule has 0 aromatic heterocycles. The Morgan fingerprint density at radius 3 is 2.32 bits per heavy atom. The lowest BCUT2D eigenvalue weighted by atomic mass is 10.1. The molecular weight excluding hydrogens is 268 g/mol. The molecule has 0 fully saturated rings. The normalized spacial score (nSPS) is 10.5. The van der Waals surface area contributed by atoms with E-state index in [-0.39, 0.29) is 22.2 Å². The predicted octanol–water partition coefficient (Wildman–Crippen LogP) is 2.74.